The van der Waals surface area contributed by atoms with Gasteiger partial charge in [-0.3, -0.25) is 19.4 Å². The van der Waals surface area contributed by atoms with Crippen LogP contribution in [0.1, 0.15) is 24.8 Å². The molecule has 4 atom stereocenters. The number of hydrogen-bond acceptors (Lipinski definition) is 9. The topological polar surface area (TPSA) is 235 Å². The molecule has 0 aromatic heterocycles. The second-order valence-electron chi connectivity index (χ2n) is 8.41. The minimum absolute atomic E-state index is 0.0268. The molecule has 0 bridgehead atoms. The van der Waals surface area contributed by atoms with Crippen molar-refractivity contribution >= 4 is 54.0 Å². The van der Waals surface area contributed by atoms with E-state index in [0.717, 1.165) is 0 Å². The van der Waals surface area contributed by atoms with E-state index in [2.05, 4.69) is 33.6 Å². The minimum atomic E-state index is -1.27. The maximum atomic E-state index is 13.0. The van der Waals surface area contributed by atoms with Crippen molar-refractivity contribution in [3.63, 3.8) is 0 Å². The van der Waals surface area contributed by atoms with E-state index in [1.165, 1.54) is 23.9 Å². The summed E-state index contributed by atoms with van der Waals surface area (Å²) >= 11 is 5.58. The predicted molar refractivity (Wildman–Crippen MR) is 150 cm³/mol. The molecule has 0 heterocycles. The summed E-state index contributed by atoms with van der Waals surface area (Å²) in [5.41, 5.74) is 17.0. The van der Waals surface area contributed by atoms with Gasteiger partial charge in [0.25, 0.3) is 0 Å². The van der Waals surface area contributed by atoms with Crippen LogP contribution in [0.15, 0.2) is 29.3 Å². The van der Waals surface area contributed by atoms with Crippen molar-refractivity contribution in [3.05, 3.63) is 29.8 Å². The standard InChI is InChI=1S/C23H37N7O6S2/c1-38-10-8-16(20(33)29-17(22(35)36)11-13-4-6-14(31)7-5-13)28-21(34)18(12-37)30-19(32)15(24)3-2-9-27-23(25)26/h4-7,15-18,31,37H,2-3,8-12,24H2,1H3,(H,28,34)(H,29,33)(H,30,32)(H,35,36)(H4,25,26,27). The number of hydrogen-bond donors (Lipinski definition) is 9. The lowest BCUT2D eigenvalue weighted by Crippen LogP contribution is -2.58. The van der Waals surface area contributed by atoms with Crippen molar-refractivity contribution in [2.75, 3.05) is 24.3 Å². The molecule has 0 saturated heterocycles. The third kappa shape index (κ3) is 12.4. The summed E-state index contributed by atoms with van der Waals surface area (Å²) in [5, 5.41) is 26.6. The fourth-order valence-corrected chi connectivity index (χ4v) is 3.97. The Balaban J connectivity index is 2.82. The molecule has 3 amide bonds. The third-order valence-electron chi connectivity index (χ3n) is 5.35. The van der Waals surface area contributed by atoms with Crippen LogP contribution in [0, 0.1) is 0 Å². The van der Waals surface area contributed by atoms with Crippen molar-refractivity contribution in [1.82, 2.24) is 16.0 Å². The molecule has 1 rings (SSSR count). The number of aromatic hydroxyl groups is 1. The number of nitrogens with one attached hydrogen (secondary N) is 3. The van der Waals surface area contributed by atoms with E-state index in [1.54, 1.807) is 12.1 Å². The largest absolute Gasteiger partial charge is 0.508 e. The Morgan fingerprint density at radius 2 is 1.55 bits per heavy atom. The zero-order valence-electron chi connectivity index (χ0n) is 21.1. The maximum absolute atomic E-state index is 13.0. The van der Waals surface area contributed by atoms with Gasteiger partial charge >= 0.3 is 5.97 Å². The van der Waals surface area contributed by atoms with E-state index in [0.29, 0.717) is 24.3 Å². The second kappa shape index (κ2) is 17.4. The Hall–Kier alpha value is -3.17. The summed E-state index contributed by atoms with van der Waals surface area (Å²) in [5.74, 6) is -2.76. The number of phenols is 1. The van der Waals surface area contributed by atoms with Gasteiger partial charge in [0.1, 0.15) is 23.9 Å². The highest BCUT2D eigenvalue weighted by Crippen LogP contribution is 2.12. The van der Waals surface area contributed by atoms with Crippen molar-refractivity contribution < 1.29 is 29.4 Å². The first kappa shape index (κ1) is 32.9. The molecule has 212 valence electrons. The monoisotopic (exact) mass is 571 g/mol. The van der Waals surface area contributed by atoms with Crippen molar-refractivity contribution in [2.45, 2.75) is 49.9 Å². The fraction of sp³-hybridized carbons (Fsp3) is 0.522. The molecule has 13 nitrogen and oxygen atoms in total. The molecule has 0 radical (unpaired) electrons. The van der Waals surface area contributed by atoms with Gasteiger partial charge in [-0.25, -0.2) is 4.79 Å². The first-order chi connectivity index (χ1) is 18.0. The number of nitrogens with zero attached hydrogens (tertiary/aromatic N) is 1. The number of carbonyl (C=O) groups is 4. The van der Waals surface area contributed by atoms with Crippen LogP contribution in [0.2, 0.25) is 0 Å². The zero-order valence-corrected chi connectivity index (χ0v) is 22.8. The molecule has 11 N–H and O–H groups in total. The number of carboxylic acid groups (broad SMARTS) is 1. The quantitative estimate of drug-likeness (QED) is 0.0456. The number of carbonyl (C=O) groups excluding carboxylic acids is 3. The van der Waals surface area contributed by atoms with Crippen LogP contribution >= 0.6 is 24.4 Å². The van der Waals surface area contributed by atoms with E-state index in [4.69, 9.17) is 17.2 Å². The number of carboxylic acids is 1. The normalized spacial score (nSPS) is 13.9. The lowest BCUT2D eigenvalue weighted by molar-refractivity contribution is -0.142. The number of thiol groups is 1. The maximum Gasteiger partial charge on any atom is 0.326 e. The first-order valence-corrected chi connectivity index (χ1v) is 13.8. The molecule has 0 aliphatic heterocycles. The number of phenolic OH excluding ortho intramolecular Hbond substituents is 1. The summed E-state index contributed by atoms with van der Waals surface area (Å²) < 4.78 is 0. The molecule has 1 aromatic rings. The Morgan fingerprint density at radius 3 is 2.11 bits per heavy atom. The summed E-state index contributed by atoms with van der Waals surface area (Å²) in [6.45, 7) is 0.302. The molecule has 15 heteroatoms. The highest BCUT2D eigenvalue weighted by Gasteiger charge is 2.29. The minimum Gasteiger partial charge on any atom is -0.508 e. The first-order valence-electron chi connectivity index (χ1n) is 11.8. The average Bonchev–Trinajstić information content (AvgIpc) is 2.87. The Morgan fingerprint density at radius 1 is 0.974 bits per heavy atom. The summed E-state index contributed by atoms with van der Waals surface area (Å²) in [4.78, 5) is 53.9. The van der Waals surface area contributed by atoms with Gasteiger partial charge in [-0.2, -0.15) is 24.4 Å². The van der Waals surface area contributed by atoms with Gasteiger partial charge in [-0.15, -0.1) is 0 Å². The highest BCUT2D eigenvalue weighted by molar-refractivity contribution is 7.98. The number of thioether (sulfide) groups is 1. The SMILES string of the molecule is CSCCC(NC(=O)C(CS)NC(=O)C(N)CCCN=C(N)N)C(=O)NC(Cc1ccc(O)cc1)C(=O)O. The molecule has 0 fully saturated rings. The van der Waals surface area contributed by atoms with Gasteiger partial charge in [0.15, 0.2) is 5.96 Å². The van der Waals surface area contributed by atoms with Crippen LogP contribution < -0.4 is 33.2 Å². The van der Waals surface area contributed by atoms with Crippen molar-refractivity contribution in [3.8, 4) is 5.75 Å². The van der Waals surface area contributed by atoms with Crippen LogP contribution in [-0.2, 0) is 25.6 Å². The number of aliphatic imine (C=N–C) groups is 1. The van der Waals surface area contributed by atoms with Gasteiger partial charge in [0.05, 0.1) is 6.04 Å². The predicted octanol–water partition coefficient (Wildman–Crippen LogP) is -1.46. The number of nitrogens with two attached hydrogens (primary N) is 3. The van der Waals surface area contributed by atoms with Crippen LogP contribution in [0.3, 0.4) is 0 Å². The van der Waals surface area contributed by atoms with Gasteiger partial charge in [0, 0.05) is 18.7 Å². The molecule has 4 unspecified atom stereocenters. The Labute approximate surface area is 231 Å². The third-order valence-corrected chi connectivity index (χ3v) is 6.36. The van der Waals surface area contributed by atoms with E-state index >= 15 is 0 Å². The summed E-state index contributed by atoms with van der Waals surface area (Å²) in [7, 11) is 0. The van der Waals surface area contributed by atoms with Crippen LogP contribution in [0.25, 0.3) is 0 Å². The van der Waals surface area contributed by atoms with Crippen molar-refractivity contribution in [2.24, 2.45) is 22.2 Å². The van der Waals surface area contributed by atoms with Gasteiger partial charge in [0.2, 0.25) is 17.7 Å². The van der Waals surface area contributed by atoms with Crippen LogP contribution in [0.4, 0.5) is 0 Å². The van der Waals surface area contributed by atoms with Gasteiger partial charge < -0.3 is 43.4 Å². The van der Waals surface area contributed by atoms with E-state index < -0.39 is 47.9 Å². The fourth-order valence-electron chi connectivity index (χ4n) is 3.24. The Bertz CT molecular complexity index is 960. The summed E-state index contributed by atoms with van der Waals surface area (Å²) in [6, 6.07) is 1.63. The molecular weight excluding hydrogens is 534 g/mol. The smallest absolute Gasteiger partial charge is 0.326 e. The second-order valence-corrected chi connectivity index (χ2v) is 9.76. The number of aliphatic carboxylic acids is 1. The highest BCUT2D eigenvalue weighted by atomic mass is 32.2. The van der Waals surface area contributed by atoms with Crippen LogP contribution in [-0.4, -0.2) is 88.3 Å². The number of benzene rings is 1. The molecule has 0 aliphatic carbocycles. The Kier molecular flexibility index (Phi) is 15.0. The zero-order chi connectivity index (χ0) is 28.7. The van der Waals surface area contributed by atoms with E-state index in [1.807, 2.05) is 6.26 Å². The lowest BCUT2D eigenvalue weighted by atomic mass is 10.0. The van der Waals surface area contributed by atoms with Gasteiger partial charge in [-0.05, 0) is 49.0 Å². The number of amides is 3. The van der Waals surface area contributed by atoms with Crippen molar-refractivity contribution in [1.29, 1.82) is 0 Å². The van der Waals surface area contributed by atoms with E-state index in [-0.39, 0.29) is 36.7 Å². The molecule has 1 aromatic carbocycles. The number of guanidine groups is 1. The van der Waals surface area contributed by atoms with Gasteiger partial charge in [-0.1, -0.05) is 12.1 Å². The average molecular weight is 572 g/mol. The number of rotatable bonds is 17. The van der Waals surface area contributed by atoms with E-state index in [9.17, 15) is 29.4 Å². The van der Waals surface area contributed by atoms with Crippen LogP contribution in [0.5, 0.6) is 5.75 Å². The molecule has 0 spiro atoms. The summed E-state index contributed by atoms with van der Waals surface area (Å²) in [6.07, 6.45) is 2.76. The molecule has 0 aliphatic rings. The molecule has 38 heavy (non-hydrogen) atoms. The lowest BCUT2D eigenvalue weighted by Gasteiger charge is -2.24. The molecule has 0 saturated carbocycles. The molecular formula is C23H37N7O6S2.